The molecule has 160 valence electrons. The molecule has 3 rings (SSSR count). The van der Waals surface area contributed by atoms with Crippen molar-refractivity contribution in [1.29, 1.82) is 0 Å². The van der Waals surface area contributed by atoms with Crippen LogP contribution in [-0.4, -0.2) is 30.4 Å². The Labute approximate surface area is 185 Å². The number of benzene rings is 1. The Balaban J connectivity index is 1.56. The number of carbonyl (C=O) groups is 3. The molecule has 1 heterocycles. The lowest BCUT2D eigenvalue weighted by Gasteiger charge is -2.34. The number of amides is 2. The van der Waals surface area contributed by atoms with E-state index in [1.807, 2.05) is 0 Å². The predicted molar refractivity (Wildman–Crippen MR) is 118 cm³/mol. The first-order valence-electron chi connectivity index (χ1n) is 9.96. The lowest BCUT2D eigenvalue weighted by molar-refractivity contribution is -0.125. The number of hydrogen-bond acceptors (Lipinski definition) is 5. The molecule has 0 unspecified atom stereocenters. The molecule has 8 heteroatoms. The topological polar surface area (TPSA) is 84.5 Å². The highest BCUT2D eigenvalue weighted by molar-refractivity contribution is 7.12. The molecule has 30 heavy (non-hydrogen) atoms. The van der Waals surface area contributed by atoms with Crippen molar-refractivity contribution in [3.8, 4) is 0 Å². The summed E-state index contributed by atoms with van der Waals surface area (Å²) in [4.78, 5) is 37.4. The summed E-state index contributed by atoms with van der Waals surface area (Å²) in [5.41, 5.74) is 0.507. The maximum Gasteiger partial charge on any atom is 0.338 e. The molecular weight excluding hydrogens is 424 g/mol. The highest BCUT2D eigenvalue weighted by atomic mass is 35.5. The van der Waals surface area contributed by atoms with E-state index < -0.39 is 5.97 Å². The van der Waals surface area contributed by atoms with E-state index in [0.717, 1.165) is 12.8 Å². The van der Waals surface area contributed by atoms with E-state index >= 15 is 0 Å². The second-order valence-corrected chi connectivity index (χ2v) is 9.00. The molecule has 3 atom stereocenters. The first-order chi connectivity index (χ1) is 14.3. The van der Waals surface area contributed by atoms with Crippen molar-refractivity contribution in [1.82, 2.24) is 5.32 Å². The lowest BCUT2D eigenvalue weighted by Crippen LogP contribution is -2.45. The van der Waals surface area contributed by atoms with E-state index in [-0.39, 0.29) is 30.0 Å². The Morgan fingerprint density at radius 1 is 1.20 bits per heavy atom. The van der Waals surface area contributed by atoms with Gasteiger partial charge in [0.2, 0.25) is 0 Å². The minimum Gasteiger partial charge on any atom is -0.452 e. The fraction of sp³-hybridized carbons (Fsp3) is 0.409. The van der Waals surface area contributed by atoms with Crippen molar-refractivity contribution in [2.24, 2.45) is 11.8 Å². The van der Waals surface area contributed by atoms with Crippen LogP contribution in [0.25, 0.3) is 0 Å². The molecule has 0 spiro atoms. The smallest absolute Gasteiger partial charge is 0.338 e. The SMILES string of the molecule is C[C@@H]1[C@H](C)CCC[C@@H]1NC(=O)COC(=O)c1ccc(Cl)c(NC(=O)c2cccs2)c1. The van der Waals surface area contributed by atoms with E-state index in [9.17, 15) is 14.4 Å². The summed E-state index contributed by atoms with van der Waals surface area (Å²) in [6, 6.07) is 8.02. The molecule has 1 fully saturated rings. The number of carbonyl (C=O) groups excluding carboxylic acids is 3. The standard InChI is InChI=1S/C22H25ClN2O4S/c1-13-5-3-6-17(14(13)2)24-20(26)12-29-22(28)15-8-9-16(23)18(11-15)25-21(27)19-7-4-10-30-19/h4,7-11,13-14,17H,3,5-6,12H2,1-2H3,(H,24,26)(H,25,27)/t13-,14-,17+/m1/s1. The van der Waals surface area contributed by atoms with Crippen LogP contribution in [0.3, 0.4) is 0 Å². The van der Waals surface area contributed by atoms with E-state index in [1.54, 1.807) is 17.5 Å². The number of hydrogen-bond donors (Lipinski definition) is 2. The third kappa shape index (κ3) is 5.61. The average Bonchev–Trinajstić information content (AvgIpc) is 3.26. The largest absolute Gasteiger partial charge is 0.452 e. The zero-order valence-electron chi connectivity index (χ0n) is 16.9. The van der Waals surface area contributed by atoms with Gasteiger partial charge in [-0.25, -0.2) is 4.79 Å². The Morgan fingerprint density at radius 3 is 2.73 bits per heavy atom. The molecular formula is C22H25ClN2O4S. The lowest BCUT2D eigenvalue weighted by atomic mass is 9.78. The van der Waals surface area contributed by atoms with Gasteiger partial charge in [0.05, 0.1) is 21.2 Å². The molecule has 0 aliphatic heterocycles. The Morgan fingerprint density at radius 2 is 2.00 bits per heavy atom. The molecule has 2 N–H and O–H groups in total. The molecule has 1 aliphatic rings. The van der Waals surface area contributed by atoms with Crippen LogP contribution in [0, 0.1) is 11.8 Å². The zero-order chi connectivity index (χ0) is 21.7. The van der Waals surface area contributed by atoms with E-state index in [2.05, 4.69) is 24.5 Å². The van der Waals surface area contributed by atoms with Crippen molar-refractivity contribution < 1.29 is 19.1 Å². The number of esters is 1. The number of halogens is 1. The molecule has 1 aliphatic carbocycles. The summed E-state index contributed by atoms with van der Waals surface area (Å²) >= 11 is 7.44. The van der Waals surface area contributed by atoms with Crippen LogP contribution < -0.4 is 10.6 Å². The number of ether oxygens (including phenoxy) is 1. The van der Waals surface area contributed by atoms with Gasteiger partial charge in [0.15, 0.2) is 6.61 Å². The summed E-state index contributed by atoms with van der Waals surface area (Å²) in [6.07, 6.45) is 3.20. The van der Waals surface area contributed by atoms with Gasteiger partial charge < -0.3 is 15.4 Å². The van der Waals surface area contributed by atoms with Gasteiger partial charge in [-0.3, -0.25) is 9.59 Å². The summed E-state index contributed by atoms with van der Waals surface area (Å²) in [5, 5.41) is 7.76. The molecule has 6 nitrogen and oxygen atoms in total. The van der Waals surface area contributed by atoms with Crippen LogP contribution in [0.2, 0.25) is 5.02 Å². The minimum atomic E-state index is -0.654. The van der Waals surface area contributed by atoms with Gasteiger partial charge in [0.25, 0.3) is 11.8 Å². The summed E-state index contributed by atoms with van der Waals surface area (Å²) < 4.78 is 5.16. The Kier molecular flexibility index (Phi) is 7.50. The number of nitrogens with one attached hydrogen (secondary N) is 2. The second kappa shape index (κ2) is 10.1. The summed E-state index contributed by atoms with van der Waals surface area (Å²) in [5.74, 6) is -0.326. The normalized spacial score (nSPS) is 21.0. The van der Waals surface area contributed by atoms with Crippen LogP contribution >= 0.6 is 22.9 Å². The molecule has 2 amide bonds. The van der Waals surface area contributed by atoms with E-state index in [1.165, 1.54) is 36.0 Å². The van der Waals surface area contributed by atoms with Crippen molar-refractivity contribution >= 4 is 46.4 Å². The van der Waals surface area contributed by atoms with Gasteiger partial charge in [-0.05, 0) is 47.9 Å². The van der Waals surface area contributed by atoms with Crippen molar-refractivity contribution in [3.05, 3.63) is 51.2 Å². The molecule has 0 saturated heterocycles. The predicted octanol–water partition coefficient (Wildman–Crippen LogP) is 4.75. The monoisotopic (exact) mass is 448 g/mol. The van der Waals surface area contributed by atoms with Crippen molar-refractivity contribution in [3.63, 3.8) is 0 Å². The average molecular weight is 449 g/mol. The first kappa shape index (κ1) is 22.3. The number of rotatable bonds is 6. The molecule has 1 aromatic heterocycles. The Bertz CT molecular complexity index is 916. The fourth-order valence-electron chi connectivity index (χ4n) is 3.59. The highest BCUT2D eigenvalue weighted by Gasteiger charge is 2.28. The highest BCUT2D eigenvalue weighted by Crippen LogP contribution is 2.29. The van der Waals surface area contributed by atoms with Gasteiger partial charge in [-0.15, -0.1) is 11.3 Å². The van der Waals surface area contributed by atoms with Crippen molar-refractivity contribution in [2.45, 2.75) is 39.2 Å². The van der Waals surface area contributed by atoms with Gasteiger partial charge in [0.1, 0.15) is 0 Å². The van der Waals surface area contributed by atoms with Gasteiger partial charge in [-0.1, -0.05) is 44.4 Å². The fourth-order valence-corrected chi connectivity index (χ4v) is 4.37. The Hall–Kier alpha value is -2.38. The molecule has 2 aromatic rings. The maximum absolute atomic E-state index is 12.4. The zero-order valence-corrected chi connectivity index (χ0v) is 18.5. The molecule has 0 radical (unpaired) electrons. The van der Waals surface area contributed by atoms with Gasteiger partial charge in [0, 0.05) is 6.04 Å². The molecule has 1 aromatic carbocycles. The van der Waals surface area contributed by atoms with Crippen LogP contribution in [-0.2, 0) is 9.53 Å². The third-order valence-corrected chi connectivity index (χ3v) is 6.78. The van der Waals surface area contributed by atoms with Crippen molar-refractivity contribution in [2.75, 3.05) is 11.9 Å². The van der Waals surface area contributed by atoms with Gasteiger partial charge in [-0.2, -0.15) is 0 Å². The third-order valence-electron chi connectivity index (χ3n) is 5.58. The second-order valence-electron chi connectivity index (χ2n) is 7.64. The molecule has 0 bridgehead atoms. The van der Waals surface area contributed by atoms with Crippen LogP contribution in [0.4, 0.5) is 5.69 Å². The van der Waals surface area contributed by atoms with Crippen LogP contribution in [0.1, 0.15) is 53.1 Å². The quantitative estimate of drug-likeness (QED) is 0.624. The number of anilines is 1. The van der Waals surface area contributed by atoms with Crippen LogP contribution in [0.15, 0.2) is 35.7 Å². The maximum atomic E-state index is 12.4. The van der Waals surface area contributed by atoms with Crippen LogP contribution in [0.5, 0.6) is 0 Å². The molecule has 1 saturated carbocycles. The first-order valence-corrected chi connectivity index (χ1v) is 11.2. The van der Waals surface area contributed by atoms with E-state index in [0.29, 0.717) is 27.4 Å². The van der Waals surface area contributed by atoms with E-state index in [4.69, 9.17) is 16.3 Å². The minimum absolute atomic E-state index is 0.106. The van der Waals surface area contributed by atoms with Gasteiger partial charge >= 0.3 is 5.97 Å². The number of thiophene rings is 1. The summed E-state index contributed by atoms with van der Waals surface area (Å²) in [7, 11) is 0. The summed E-state index contributed by atoms with van der Waals surface area (Å²) in [6.45, 7) is 3.98.